The number of rotatable bonds is 30. The van der Waals surface area contributed by atoms with Crippen LogP contribution in [0.4, 0.5) is 11.4 Å². The van der Waals surface area contributed by atoms with Crippen molar-refractivity contribution in [2.45, 2.75) is 182 Å². The molecule has 0 aliphatic heterocycles. The van der Waals surface area contributed by atoms with E-state index in [0.717, 1.165) is 0 Å². The predicted octanol–water partition coefficient (Wildman–Crippen LogP) is 15.0. The molecule has 0 saturated heterocycles. The predicted molar refractivity (Wildman–Crippen MR) is 219 cm³/mol. The largest absolute Gasteiger partial charge is 0.371 e. The van der Waals surface area contributed by atoms with Crippen molar-refractivity contribution in [2.75, 3.05) is 36.0 Å². The zero-order valence-corrected chi connectivity index (χ0v) is 32.3. The van der Waals surface area contributed by atoms with Crippen LogP contribution in [-0.4, -0.2) is 26.2 Å². The molecule has 3 aromatic rings. The van der Waals surface area contributed by atoms with Gasteiger partial charge in [-0.1, -0.05) is 193 Å². The molecule has 0 radical (unpaired) electrons. The van der Waals surface area contributed by atoms with Gasteiger partial charge < -0.3 is 9.80 Å². The summed E-state index contributed by atoms with van der Waals surface area (Å²) in [6.07, 6.45) is 32.5. The molecule has 0 aliphatic carbocycles. The number of unbranched alkanes of at least 4 members (excludes halogenated alkanes) is 20. The SMILES string of the molecule is CCCCCCCCN(CCCCCCCC)c1cccc2ccc3cccc(N(CCCCCCCC)CCCCCCCC)c3c12. The van der Waals surface area contributed by atoms with Crippen molar-refractivity contribution in [3.63, 3.8) is 0 Å². The third-order valence-electron chi connectivity index (χ3n) is 10.6. The summed E-state index contributed by atoms with van der Waals surface area (Å²) in [4.78, 5) is 5.59. The molecule has 0 heterocycles. The first-order valence-electron chi connectivity index (χ1n) is 21.2. The molecule has 3 aromatic carbocycles. The fourth-order valence-electron chi connectivity index (χ4n) is 7.68. The highest BCUT2D eigenvalue weighted by molar-refractivity contribution is 6.18. The van der Waals surface area contributed by atoms with E-state index in [1.807, 2.05) is 0 Å². The summed E-state index contributed by atoms with van der Waals surface area (Å²) in [5.74, 6) is 0. The highest BCUT2D eigenvalue weighted by atomic mass is 15.1. The minimum Gasteiger partial charge on any atom is -0.371 e. The molecule has 0 aliphatic rings. The Bertz CT molecular complexity index is 1090. The molecule has 2 heteroatoms. The molecule has 0 spiro atoms. The van der Waals surface area contributed by atoms with Crippen LogP contribution in [0, 0.1) is 0 Å². The standard InChI is InChI=1S/C46H76N2/c1-5-9-13-17-21-25-37-47(38-26-22-18-14-10-6-2)43-33-29-31-41-35-36-42-32-30-34-44(46(42)45(41)43)48(39-27-23-19-15-11-7-3)40-28-24-20-16-12-8-4/h29-36H,5-28,37-40H2,1-4H3. The average molecular weight is 657 g/mol. The summed E-state index contributed by atoms with van der Waals surface area (Å²) in [5.41, 5.74) is 2.96. The molecule has 0 atom stereocenters. The van der Waals surface area contributed by atoms with Crippen LogP contribution in [0.3, 0.4) is 0 Å². The Kier molecular flexibility index (Phi) is 21.5. The Morgan fingerprint density at radius 3 is 0.875 bits per heavy atom. The molecule has 0 fully saturated rings. The van der Waals surface area contributed by atoms with E-state index in [0.29, 0.717) is 0 Å². The molecule has 0 saturated carbocycles. The summed E-state index contributed by atoms with van der Waals surface area (Å²) < 4.78 is 0. The van der Waals surface area contributed by atoms with Gasteiger partial charge in [0.2, 0.25) is 0 Å². The molecule has 0 unspecified atom stereocenters. The number of benzene rings is 3. The van der Waals surface area contributed by atoms with Crippen LogP contribution >= 0.6 is 0 Å². The smallest absolute Gasteiger partial charge is 0.0452 e. The second kappa shape index (κ2) is 25.7. The summed E-state index contributed by atoms with van der Waals surface area (Å²) in [7, 11) is 0. The van der Waals surface area contributed by atoms with Gasteiger partial charge in [0.05, 0.1) is 0 Å². The van der Waals surface area contributed by atoms with Crippen LogP contribution in [0.2, 0.25) is 0 Å². The van der Waals surface area contributed by atoms with Crippen molar-refractivity contribution in [1.29, 1.82) is 0 Å². The van der Waals surface area contributed by atoms with Gasteiger partial charge in [-0.2, -0.15) is 0 Å². The molecular weight excluding hydrogens is 581 g/mol. The Balaban J connectivity index is 1.94. The van der Waals surface area contributed by atoms with Gasteiger partial charge in [-0.15, -0.1) is 0 Å². The van der Waals surface area contributed by atoms with Crippen LogP contribution in [0.5, 0.6) is 0 Å². The van der Waals surface area contributed by atoms with E-state index in [-0.39, 0.29) is 0 Å². The van der Waals surface area contributed by atoms with Crippen LogP contribution in [0.1, 0.15) is 182 Å². The van der Waals surface area contributed by atoms with E-state index < -0.39 is 0 Å². The molecule has 0 aromatic heterocycles. The van der Waals surface area contributed by atoms with Gasteiger partial charge in [-0.3, -0.25) is 0 Å². The van der Waals surface area contributed by atoms with Crippen molar-refractivity contribution in [2.24, 2.45) is 0 Å². The minimum absolute atomic E-state index is 1.18. The van der Waals surface area contributed by atoms with Gasteiger partial charge in [-0.05, 0) is 48.6 Å². The van der Waals surface area contributed by atoms with E-state index in [9.17, 15) is 0 Å². The Morgan fingerprint density at radius 1 is 0.312 bits per heavy atom. The van der Waals surface area contributed by atoms with Crippen LogP contribution in [0.25, 0.3) is 21.5 Å². The van der Waals surface area contributed by atoms with Gasteiger partial charge in [-0.25, -0.2) is 0 Å². The van der Waals surface area contributed by atoms with E-state index in [1.54, 1.807) is 0 Å². The maximum Gasteiger partial charge on any atom is 0.0452 e. The maximum absolute atomic E-state index is 2.80. The summed E-state index contributed by atoms with van der Waals surface area (Å²) in [5, 5.41) is 5.81. The quantitative estimate of drug-likeness (QED) is 0.0520. The van der Waals surface area contributed by atoms with Crippen molar-refractivity contribution < 1.29 is 0 Å². The molecule has 0 amide bonds. The maximum atomic E-state index is 2.80. The Hall–Kier alpha value is -2.22. The monoisotopic (exact) mass is 657 g/mol. The van der Waals surface area contributed by atoms with Crippen molar-refractivity contribution in [3.05, 3.63) is 48.5 Å². The fraction of sp³-hybridized carbons (Fsp3) is 0.696. The normalized spacial score (nSPS) is 11.6. The zero-order chi connectivity index (χ0) is 34.1. The van der Waals surface area contributed by atoms with E-state index in [1.165, 1.54) is 213 Å². The van der Waals surface area contributed by atoms with Crippen molar-refractivity contribution in [3.8, 4) is 0 Å². The van der Waals surface area contributed by atoms with Crippen molar-refractivity contribution in [1.82, 2.24) is 0 Å². The van der Waals surface area contributed by atoms with Gasteiger partial charge in [0.25, 0.3) is 0 Å². The summed E-state index contributed by atoms with van der Waals surface area (Å²) in [6, 6.07) is 19.1. The topological polar surface area (TPSA) is 6.48 Å². The first-order valence-corrected chi connectivity index (χ1v) is 21.2. The fourth-order valence-corrected chi connectivity index (χ4v) is 7.68. The highest BCUT2D eigenvalue weighted by Crippen LogP contribution is 2.39. The van der Waals surface area contributed by atoms with E-state index in [4.69, 9.17) is 0 Å². The molecule has 3 rings (SSSR count). The lowest BCUT2D eigenvalue weighted by Gasteiger charge is -2.30. The molecule has 2 nitrogen and oxygen atoms in total. The molecule has 48 heavy (non-hydrogen) atoms. The lowest BCUT2D eigenvalue weighted by Crippen LogP contribution is -2.27. The number of fused-ring (bicyclic) bond motifs is 3. The first kappa shape index (κ1) is 40.2. The molecular formula is C46H76N2. The third-order valence-corrected chi connectivity index (χ3v) is 10.6. The highest BCUT2D eigenvalue weighted by Gasteiger charge is 2.18. The lowest BCUT2D eigenvalue weighted by atomic mass is 9.97. The Morgan fingerprint density at radius 2 is 0.583 bits per heavy atom. The van der Waals surface area contributed by atoms with Crippen LogP contribution in [0.15, 0.2) is 48.5 Å². The number of hydrogen-bond acceptors (Lipinski definition) is 2. The van der Waals surface area contributed by atoms with E-state index in [2.05, 4.69) is 86.0 Å². The van der Waals surface area contributed by atoms with Crippen LogP contribution in [-0.2, 0) is 0 Å². The van der Waals surface area contributed by atoms with Crippen LogP contribution < -0.4 is 9.80 Å². The van der Waals surface area contributed by atoms with E-state index >= 15 is 0 Å². The molecule has 0 bridgehead atoms. The van der Waals surface area contributed by atoms with Gasteiger partial charge in [0, 0.05) is 48.3 Å². The first-order chi connectivity index (χ1) is 23.7. The summed E-state index contributed by atoms with van der Waals surface area (Å²) >= 11 is 0. The minimum atomic E-state index is 1.18. The van der Waals surface area contributed by atoms with Crippen molar-refractivity contribution >= 4 is 32.9 Å². The van der Waals surface area contributed by atoms with Gasteiger partial charge >= 0.3 is 0 Å². The number of nitrogens with zero attached hydrogens (tertiary/aromatic N) is 2. The number of hydrogen-bond donors (Lipinski definition) is 0. The van der Waals surface area contributed by atoms with Gasteiger partial charge in [0.1, 0.15) is 0 Å². The molecule has 0 N–H and O–H groups in total. The molecule has 270 valence electrons. The second-order valence-electron chi connectivity index (χ2n) is 14.9. The lowest BCUT2D eigenvalue weighted by molar-refractivity contribution is 0.575. The Labute approximate surface area is 298 Å². The second-order valence-corrected chi connectivity index (χ2v) is 14.9. The zero-order valence-electron chi connectivity index (χ0n) is 32.3. The number of anilines is 2. The third kappa shape index (κ3) is 14.3. The van der Waals surface area contributed by atoms with Gasteiger partial charge in [0.15, 0.2) is 0 Å². The average Bonchev–Trinajstić information content (AvgIpc) is 3.11. The summed E-state index contributed by atoms with van der Waals surface area (Å²) in [6.45, 7) is 14.0.